The minimum absolute atomic E-state index is 0.0756. The van der Waals surface area contributed by atoms with Gasteiger partial charge in [-0.3, -0.25) is 0 Å². The van der Waals surface area contributed by atoms with E-state index >= 15 is 0 Å². The van der Waals surface area contributed by atoms with Crippen molar-refractivity contribution in [3.63, 3.8) is 0 Å². The third kappa shape index (κ3) is 5.47. The topological polar surface area (TPSA) is 71.1 Å². The average molecular weight is 622 g/mol. The molecule has 6 nitrogen and oxygen atoms in total. The van der Waals surface area contributed by atoms with Crippen LogP contribution in [0.15, 0.2) is 69.6 Å². The molecule has 192 valence electrons. The molecule has 2 aromatic carbocycles. The predicted octanol–water partition coefficient (Wildman–Crippen LogP) is 6.37. The zero-order valence-electron chi connectivity index (χ0n) is 20.7. The lowest BCUT2D eigenvalue weighted by atomic mass is 9.60. The number of fused-ring (bicyclic) bond motifs is 2. The van der Waals surface area contributed by atoms with Crippen molar-refractivity contribution >= 4 is 43.8 Å². The van der Waals surface area contributed by atoms with Gasteiger partial charge in [-0.15, -0.1) is 0 Å². The molecule has 0 radical (unpaired) electrons. The number of carbonyl (C=O) groups is 2. The lowest BCUT2D eigenvalue weighted by molar-refractivity contribution is -0.124. The van der Waals surface area contributed by atoms with Crippen LogP contribution in [0.2, 0.25) is 0 Å². The van der Waals surface area contributed by atoms with E-state index in [0.717, 1.165) is 8.95 Å². The summed E-state index contributed by atoms with van der Waals surface area (Å²) in [4.78, 5) is 26.3. The van der Waals surface area contributed by atoms with Crippen LogP contribution in [0.5, 0.6) is 0 Å². The number of rotatable bonds is 7. The highest BCUT2D eigenvalue weighted by Gasteiger charge is 2.65. The number of hydrogen-bond acceptors (Lipinski definition) is 6. The summed E-state index contributed by atoms with van der Waals surface area (Å²) in [6.45, 7) is 6.38. The second-order valence-corrected chi connectivity index (χ2v) is 11.7. The first kappa shape index (κ1) is 27.0. The van der Waals surface area contributed by atoms with Crippen LogP contribution in [0.25, 0.3) is 0 Å². The molecule has 1 aliphatic carbocycles. The molecule has 2 aliphatic rings. The quantitative estimate of drug-likeness (QED) is 0.264. The van der Waals surface area contributed by atoms with E-state index in [0.29, 0.717) is 24.2 Å². The van der Waals surface area contributed by atoms with E-state index < -0.39 is 35.2 Å². The smallest absolute Gasteiger partial charge is 0.338 e. The molecule has 1 aliphatic heterocycles. The Morgan fingerprint density at radius 3 is 2.03 bits per heavy atom. The Hall–Kier alpha value is -2.00. The standard InChI is InChI=1S/C28H30Br2O6/c1-17(33-4)5-14-23-27(2)16-34-28(23,3)15-22(35-25(31)18-6-10-20(29)11-7-18)24(27)36-26(32)19-8-12-21(30)13-9-19/h5-14,17,22-24H,15-16H2,1-4H3/b14-5+/t17?,22-,23?,24+,27-,28-/m1/s1. The van der Waals surface area contributed by atoms with Crippen molar-refractivity contribution in [3.05, 3.63) is 80.8 Å². The summed E-state index contributed by atoms with van der Waals surface area (Å²) in [5.74, 6) is -1.01. The van der Waals surface area contributed by atoms with Crippen molar-refractivity contribution in [1.29, 1.82) is 0 Å². The van der Waals surface area contributed by atoms with Crippen molar-refractivity contribution in [2.75, 3.05) is 13.7 Å². The van der Waals surface area contributed by atoms with E-state index in [4.69, 9.17) is 18.9 Å². The highest BCUT2D eigenvalue weighted by molar-refractivity contribution is 9.10. The minimum atomic E-state index is -0.712. The lowest BCUT2D eigenvalue weighted by Gasteiger charge is -2.48. The van der Waals surface area contributed by atoms with E-state index in [1.807, 2.05) is 26.8 Å². The fraction of sp³-hybridized carbons (Fsp3) is 0.429. The zero-order chi connectivity index (χ0) is 26.1. The van der Waals surface area contributed by atoms with Crippen LogP contribution in [0.3, 0.4) is 0 Å². The van der Waals surface area contributed by atoms with Gasteiger partial charge in [0.25, 0.3) is 0 Å². The third-order valence-corrected chi connectivity index (χ3v) is 8.33. The van der Waals surface area contributed by atoms with Gasteiger partial charge >= 0.3 is 11.9 Å². The maximum absolute atomic E-state index is 13.2. The molecule has 1 heterocycles. The Kier molecular flexibility index (Phi) is 8.10. The molecule has 0 N–H and O–H groups in total. The normalized spacial score (nSPS) is 30.2. The zero-order valence-corrected chi connectivity index (χ0v) is 23.9. The Balaban J connectivity index is 1.66. The van der Waals surface area contributed by atoms with Crippen molar-refractivity contribution in [2.45, 2.75) is 51.1 Å². The van der Waals surface area contributed by atoms with E-state index in [9.17, 15) is 9.59 Å². The highest BCUT2D eigenvalue weighted by atomic mass is 79.9. The molecule has 2 fully saturated rings. The number of methoxy groups -OCH3 is 1. The lowest BCUT2D eigenvalue weighted by Crippen LogP contribution is -2.58. The maximum atomic E-state index is 13.2. The summed E-state index contributed by atoms with van der Waals surface area (Å²) >= 11 is 6.78. The number of benzene rings is 2. The Morgan fingerprint density at radius 1 is 0.972 bits per heavy atom. The number of ether oxygens (including phenoxy) is 4. The van der Waals surface area contributed by atoms with Crippen LogP contribution in [0.4, 0.5) is 0 Å². The van der Waals surface area contributed by atoms with Gasteiger partial charge < -0.3 is 18.9 Å². The molecule has 36 heavy (non-hydrogen) atoms. The molecule has 1 saturated carbocycles. The molecule has 4 rings (SSSR count). The number of esters is 2. The van der Waals surface area contributed by atoms with Gasteiger partial charge in [-0.2, -0.15) is 0 Å². The molecule has 2 bridgehead atoms. The molecule has 8 heteroatoms. The first-order valence-corrected chi connectivity index (χ1v) is 13.4. The SMILES string of the molecule is COC(C)/C=C/C1[C@@]2(C)C[C@@H](OC(=O)c3ccc(Br)cc3)[C@H](OC(=O)c3ccc(Br)cc3)[C@]1(C)CO2. The molecule has 0 amide bonds. The molecule has 0 aromatic heterocycles. The van der Waals surface area contributed by atoms with Gasteiger partial charge in [-0.05, 0) is 62.4 Å². The summed E-state index contributed by atoms with van der Waals surface area (Å²) in [5, 5.41) is 0. The van der Waals surface area contributed by atoms with Crippen LogP contribution in [-0.2, 0) is 18.9 Å². The van der Waals surface area contributed by atoms with Crippen LogP contribution in [0, 0.1) is 11.3 Å². The fourth-order valence-electron chi connectivity index (χ4n) is 5.22. The monoisotopic (exact) mass is 620 g/mol. The summed E-state index contributed by atoms with van der Waals surface area (Å²) in [6.07, 6.45) is 3.01. The van der Waals surface area contributed by atoms with Gasteiger partial charge in [0.15, 0.2) is 0 Å². The van der Waals surface area contributed by atoms with Gasteiger partial charge in [0.1, 0.15) is 12.2 Å². The summed E-state index contributed by atoms with van der Waals surface area (Å²) < 4.78 is 25.6. The van der Waals surface area contributed by atoms with Gasteiger partial charge in [0.2, 0.25) is 0 Å². The molecular formula is C28H30Br2O6. The van der Waals surface area contributed by atoms with Crippen LogP contribution in [-0.4, -0.2) is 49.6 Å². The van der Waals surface area contributed by atoms with Gasteiger partial charge in [-0.1, -0.05) is 50.9 Å². The van der Waals surface area contributed by atoms with Gasteiger partial charge in [0, 0.05) is 33.8 Å². The largest absolute Gasteiger partial charge is 0.455 e. The van der Waals surface area contributed by atoms with Crippen molar-refractivity contribution in [3.8, 4) is 0 Å². The number of halogens is 2. The van der Waals surface area contributed by atoms with Crippen LogP contribution < -0.4 is 0 Å². The second-order valence-electron chi connectivity index (χ2n) is 9.90. The summed E-state index contributed by atoms with van der Waals surface area (Å²) in [7, 11) is 1.66. The van der Waals surface area contributed by atoms with Crippen LogP contribution >= 0.6 is 31.9 Å². The first-order chi connectivity index (χ1) is 17.1. The number of hydrogen-bond donors (Lipinski definition) is 0. The van der Waals surface area contributed by atoms with Gasteiger partial charge in [-0.25, -0.2) is 9.59 Å². The Bertz CT molecular complexity index is 1130. The van der Waals surface area contributed by atoms with Gasteiger partial charge in [0.05, 0.1) is 29.4 Å². The highest BCUT2D eigenvalue weighted by Crippen LogP contribution is 2.56. The van der Waals surface area contributed by atoms with E-state index in [1.165, 1.54) is 0 Å². The first-order valence-electron chi connectivity index (χ1n) is 11.8. The van der Waals surface area contributed by atoms with E-state index in [2.05, 4.69) is 37.9 Å². The van der Waals surface area contributed by atoms with Crippen molar-refractivity contribution in [2.24, 2.45) is 11.3 Å². The molecule has 1 saturated heterocycles. The molecule has 2 unspecified atom stereocenters. The summed E-state index contributed by atoms with van der Waals surface area (Å²) in [5.41, 5.74) is -0.362. The maximum Gasteiger partial charge on any atom is 0.338 e. The molecule has 2 aromatic rings. The predicted molar refractivity (Wildman–Crippen MR) is 143 cm³/mol. The van der Waals surface area contributed by atoms with Crippen molar-refractivity contribution < 1.29 is 28.5 Å². The van der Waals surface area contributed by atoms with Crippen molar-refractivity contribution in [1.82, 2.24) is 0 Å². The minimum Gasteiger partial charge on any atom is -0.455 e. The second kappa shape index (κ2) is 10.8. The van der Waals surface area contributed by atoms with Crippen LogP contribution in [0.1, 0.15) is 47.9 Å². The molecular weight excluding hydrogens is 592 g/mol. The number of carbonyl (C=O) groups excluding carboxylic acids is 2. The fourth-order valence-corrected chi connectivity index (χ4v) is 5.75. The summed E-state index contributed by atoms with van der Waals surface area (Å²) in [6, 6.07) is 14.0. The van der Waals surface area contributed by atoms with E-state index in [-0.39, 0.29) is 12.0 Å². The molecule has 6 atom stereocenters. The van der Waals surface area contributed by atoms with E-state index in [1.54, 1.807) is 55.6 Å². The molecule has 0 spiro atoms. The Morgan fingerprint density at radius 2 is 1.50 bits per heavy atom. The Labute approximate surface area is 228 Å². The average Bonchev–Trinajstić information content (AvgIpc) is 3.05. The third-order valence-electron chi connectivity index (χ3n) is 7.27.